The molecule has 0 aromatic carbocycles. The maximum atomic E-state index is 11.2. The molecule has 0 saturated heterocycles. The maximum Gasteiger partial charge on any atom is 0.317 e. The van der Waals surface area contributed by atoms with Crippen LogP contribution in [0.25, 0.3) is 0 Å². The molecule has 0 saturated carbocycles. The summed E-state index contributed by atoms with van der Waals surface area (Å²) in [6, 6.07) is 3.93. The fourth-order valence-corrected chi connectivity index (χ4v) is 2.75. The molecule has 1 unspecified atom stereocenters. The second-order valence-electron chi connectivity index (χ2n) is 4.49. The number of hydrogen-bond donors (Lipinski definition) is 1. The zero-order chi connectivity index (χ0) is 13.9. The van der Waals surface area contributed by atoms with Crippen LogP contribution < -0.4 is 0 Å². The van der Waals surface area contributed by atoms with Crippen LogP contribution in [0, 0.1) is 31.1 Å². The van der Waals surface area contributed by atoms with E-state index in [1.54, 1.807) is 0 Å². The molecule has 0 aliphatic heterocycles. The highest BCUT2D eigenvalue weighted by Gasteiger charge is 2.25. The van der Waals surface area contributed by atoms with E-state index in [1.807, 2.05) is 33.8 Å². The molecule has 0 fully saturated rings. The van der Waals surface area contributed by atoms with Crippen molar-refractivity contribution in [2.75, 3.05) is 0 Å². The zero-order valence-corrected chi connectivity index (χ0v) is 11.7. The van der Waals surface area contributed by atoms with Crippen molar-refractivity contribution in [3.63, 3.8) is 0 Å². The van der Waals surface area contributed by atoms with Crippen LogP contribution in [0.2, 0.25) is 0 Å². The van der Waals surface area contributed by atoms with Crippen molar-refractivity contribution in [2.24, 2.45) is 5.92 Å². The van der Waals surface area contributed by atoms with Gasteiger partial charge in [-0.1, -0.05) is 25.6 Å². The Bertz CT molecular complexity index is 506. The molecule has 1 aromatic heterocycles. The number of hydrogen-bond acceptors (Lipinski definition) is 4. The molecule has 5 heteroatoms. The third-order valence-electron chi connectivity index (χ3n) is 2.51. The first-order valence-corrected chi connectivity index (χ1v) is 6.52. The predicted octanol–water partition coefficient (Wildman–Crippen LogP) is 2.77. The molecule has 0 aliphatic carbocycles. The first-order valence-electron chi connectivity index (χ1n) is 5.64. The summed E-state index contributed by atoms with van der Waals surface area (Å²) >= 11 is 1.15. The van der Waals surface area contributed by atoms with Gasteiger partial charge in [-0.25, -0.2) is 4.98 Å². The molecule has 0 aliphatic rings. The van der Waals surface area contributed by atoms with Crippen LogP contribution >= 0.6 is 11.8 Å². The Kier molecular flexibility index (Phi) is 4.74. The molecule has 0 spiro atoms. The van der Waals surface area contributed by atoms with Gasteiger partial charge in [0.1, 0.15) is 16.3 Å². The molecule has 18 heavy (non-hydrogen) atoms. The van der Waals surface area contributed by atoms with Crippen molar-refractivity contribution in [1.82, 2.24) is 4.98 Å². The van der Waals surface area contributed by atoms with Gasteiger partial charge in [-0.2, -0.15) is 5.26 Å². The van der Waals surface area contributed by atoms with Gasteiger partial charge in [0, 0.05) is 5.69 Å². The van der Waals surface area contributed by atoms with Gasteiger partial charge in [-0.3, -0.25) is 4.79 Å². The Hall–Kier alpha value is -1.54. The number of nitriles is 1. The van der Waals surface area contributed by atoms with Crippen LogP contribution in [0.15, 0.2) is 11.1 Å². The number of thioether (sulfide) groups is 1. The van der Waals surface area contributed by atoms with E-state index in [4.69, 9.17) is 5.26 Å². The van der Waals surface area contributed by atoms with Gasteiger partial charge in [-0.05, 0) is 31.4 Å². The van der Waals surface area contributed by atoms with E-state index in [2.05, 4.69) is 11.1 Å². The average molecular weight is 264 g/mol. The van der Waals surface area contributed by atoms with Crippen molar-refractivity contribution in [3.8, 4) is 6.07 Å². The highest BCUT2D eigenvalue weighted by Crippen LogP contribution is 2.30. The highest BCUT2D eigenvalue weighted by molar-refractivity contribution is 8.00. The van der Waals surface area contributed by atoms with Crippen LogP contribution in [0.4, 0.5) is 0 Å². The Balaban J connectivity index is 3.18. The fourth-order valence-electron chi connectivity index (χ4n) is 1.62. The van der Waals surface area contributed by atoms with E-state index in [0.29, 0.717) is 10.6 Å². The molecular formula is C13H16N2O2S. The van der Waals surface area contributed by atoms with Crippen LogP contribution in [-0.4, -0.2) is 21.3 Å². The fraction of sp³-hybridized carbons (Fsp3) is 0.462. The van der Waals surface area contributed by atoms with Crippen molar-refractivity contribution in [1.29, 1.82) is 5.26 Å². The van der Waals surface area contributed by atoms with Crippen molar-refractivity contribution >= 4 is 17.7 Å². The topological polar surface area (TPSA) is 74.0 Å². The minimum Gasteiger partial charge on any atom is -0.480 e. The number of carbonyl (C=O) groups is 1. The number of carboxylic acid groups (broad SMARTS) is 1. The highest BCUT2D eigenvalue weighted by atomic mass is 32.2. The molecule has 1 heterocycles. The van der Waals surface area contributed by atoms with Gasteiger partial charge in [0.25, 0.3) is 0 Å². The van der Waals surface area contributed by atoms with E-state index in [9.17, 15) is 9.90 Å². The normalized spacial score (nSPS) is 12.2. The Morgan fingerprint density at radius 3 is 2.56 bits per heavy atom. The third-order valence-corrected chi connectivity index (χ3v) is 4.03. The van der Waals surface area contributed by atoms with Crippen LogP contribution in [0.5, 0.6) is 0 Å². The molecule has 0 radical (unpaired) electrons. The summed E-state index contributed by atoms with van der Waals surface area (Å²) in [6.07, 6.45) is 0. The SMILES string of the molecule is Cc1cc(C)c(C#N)c(SC(C(=O)O)C(C)C)n1. The van der Waals surface area contributed by atoms with E-state index >= 15 is 0 Å². The number of carboxylic acids is 1. The zero-order valence-electron chi connectivity index (χ0n) is 10.9. The monoisotopic (exact) mass is 264 g/mol. The molecule has 1 atom stereocenters. The quantitative estimate of drug-likeness (QED) is 0.846. The maximum absolute atomic E-state index is 11.2. The summed E-state index contributed by atoms with van der Waals surface area (Å²) in [5, 5.41) is 18.2. The second kappa shape index (κ2) is 5.87. The summed E-state index contributed by atoms with van der Waals surface area (Å²) < 4.78 is 0. The lowest BCUT2D eigenvalue weighted by Gasteiger charge is -2.16. The number of aryl methyl sites for hydroxylation is 2. The van der Waals surface area contributed by atoms with E-state index in [0.717, 1.165) is 23.0 Å². The molecule has 0 bridgehead atoms. The molecule has 1 aromatic rings. The summed E-state index contributed by atoms with van der Waals surface area (Å²) in [6.45, 7) is 7.37. The smallest absolute Gasteiger partial charge is 0.317 e. The Labute approximate surface area is 111 Å². The standard InChI is InChI=1S/C13H16N2O2S/c1-7(2)11(13(16)17)18-12-10(6-14)8(3)5-9(4)15-12/h5,7,11H,1-4H3,(H,16,17). The summed E-state index contributed by atoms with van der Waals surface area (Å²) in [5.41, 5.74) is 2.10. The van der Waals surface area contributed by atoms with Gasteiger partial charge in [0.15, 0.2) is 0 Å². The van der Waals surface area contributed by atoms with Gasteiger partial charge in [0.05, 0.1) is 5.56 Å². The van der Waals surface area contributed by atoms with Crippen LogP contribution in [0.1, 0.15) is 30.7 Å². The number of aromatic nitrogens is 1. The van der Waals surface area contributed by atoms with E-state index in [1.165, 1.54) is 0 Å². The first-order chi connectivity index (χ1) is 8.36. The van der Waals surface area contributed by atoms with E-state index in [-0.39, 0.29) is 5.92 Å². The summed E-state index contributed by atoms with van der Waals surface area (Å²) in [7, 11) is 0. The van der Waals surface area contributed by atoms with Crippen molar-refractivity contribution in [2.45, 2.75) is 38.0 Å². The second-order valence-corrected chi connectivity index (χ2v) is 5.62. The number of pyridine rings is 1. The van der Waals surface area contributed by atoms with Crippen LogP contribution in [0.3, 0.4) is 0 Å². The van der Waals surface area contributed by atoms with Gasteiger partial charge < -0.3 is 5.11 Å². The molecule has 1 rings (SSSR count). The molecule has 4 nitrogen and oxygen atoms in total. The minimum atomic E-state index is -0.875. The number of nitrogens with zero attached hydrogens (tertiary/aromatic N) is 2. The Morgan fingerprint density at radius 2 is 2.11 bits per heavy atom. The third kappa shape index (κ3) is 3.23. The van der Waals surface area contributed by atoms with E-state index < -0.39 is 11.2 Å². The molecular weight excluding hydrogens is 248 g/mol. The number of rotatable bonds is 4. The lowest BCUT2D eigenvalue weighted by Crippen LogP contribution is -2.22. The predicted molar refractivity (Wildman–Crippen MR) is 70.5 cm³/mol. The first kappa shape index (κ1) is 14.5. The molecule has 1 N–H and O–H groups in total. The molecule has 0 amide bonds. The summed E-state index contributed by atoms with van der Waals surface area (Å²) in [5.74, 6) is -0.901. The van der Waals surface area contributed by atoms with Crippen molar-refractivity contribution in [3.05, 3.63) is 22.9 Å². The van der Waals surface area contributed by atoms with Gasteiger partial charge in [-0.15, -0.1) is 0 Å². The lowest BCUT2D eigenvalue weighted by atomic mass is 10.1. The Morgan fingerprint density at radius 1 is 1.50 bits per heavy atom. The van der Waals surface area contributed by atoms with Crippen molar-refractivity contribution < 1.29 is 9.90 Å². The van der Waals surface area contributed by atoms with Crippen LogP contribution in [-0.2, 0) is 4.79 Å². The lowest BCUT2D eigenvalue weighted by molar-refractivity contribution is -0.137. The number of aliphatic carboxylic acids is 1. The summed E-state index contributed by atoms with van der Waals surface area (Å²) in [4.78, 5) is 15.5. The van der Waals surface area contributed by atoms with Gasteiger partial charge >= 0.3 is 5.97 Å². The van der Waals surface area contributed by atoms with Gasteiger partial charge in [0.2, 0.25) is 0 Å². The molecule has 96 valence electrons. The average Bonchev–Trinajstić information content (AvgIpc) is 2.24. The largest absolute Gasteiger partial charge is 0.480 e. The minimum absolute atomic E-state index is 0.0262.